The molecule has 0 saturated heterocycles. The van der Waals surface area contributed by atoms with Crippen molar-refractivity contribution in [1.82, 2.24) is 0 Å². The topological polar surface area (TPSA) is 9.23 Å². The van der Waals surface area contributed by atoms with Gasteiger partial charge < -0.3 is 4.74 Å². The molecule has 7 unspecified atom stereocenters. The van der Waals surface area contributed by atoms with Crippen LogP contribution in [0.2, 0.25) is 0 Å². The van der Waals surface area contributed by atoms with Crippen molar-refractivity contribution < 1.29 is 4.74 Å². The van der Waals surface area contributed by atoms with Crippen LogP contribution >= 0.6 is 0 Å². The Labute approximate surface area is 193 Å². The van der Waals surface area contributed by atoms with Crippen molar-refractivity contribution in [3.63, 3.8) is 0 Å². The molecule has 0 spiro atoms. The van der Waals surface area contributed by atoms with Crippen molar-refractivity contribution in [3.05, 3.63) is 24.0 Å². The highest BCUT2D eigenvalue weighted by molar-refractivity contribution is 5.25. The van der Waals surface area contributed by atoms with E-state index in [4.69, 9.17) is 4.74 Å². The van der Waals surface area contributed by atoms with Crippen LogP contribution in [0.25, 0.3) is 0 Å². The third kappa shape index (κ3) is 4.29. The number of hydrogen-bond acceptors (Lipinski definition) is 1. The largest absolute Gasteiger partial charge is 0.495 e. The van der Waals surface area contributed by atoms with E-state index in [0.29, 0.717) is 16.9 Å². The molecule has 0 bridgehead atoms. The summed E-state index contributed by atoms with van der Waals surface area (Å²) in [5, 5.41) is 0. The van der Waals surface area contributed by atoms with Gasteiger partial charge in [-0.15, -0.1) is 0 Å². The quantitative estimate of drug-likeness (QED) is 0.291. The number of rotatable bonds is 7. The summed E-state index contributed by atoms with van der Waals surface area (Å²) in [5.41, 5.74) is 2.76. The molecule has 176 valence electrons. The SMILES string of the molecule is C=C(C)OC1CCC2(C)C(=CCC3C2CC[C@]2(C)C(C(C)CCCC(C)C)CCC32)C1. The maximum absolute atomic E-state index is 6.06. The van der Waals surface area contributed by atoms with Gasteiger partial charge in [0.25, 0.3) is 0 Å². The van der Waals surface area contributed by atoms with Crippen LogP contribution in [0.3, 0.4) is 0 Å². The second-order valence-corrected chi connectivity index (χ2v) is 13.0. The second kappa shape index (κ2) is 8.90. The summed E-state index contributed by atoms with van der Waals surface area (Å²) < 4.78 is 6.06. The molecular weight excluding hydrogens is 376 g/mol. The molecule has 1 heteroatoms. The highest BCUT2D eigenvalue weighted by atomic mass is 16.5. The van der Waals surface area contributed by atoms with E-state index in [1.165, 1.54) is 64.2 Å². The van der Waals surface area contributed by atoms with Crippen molar-refractivity contribution in [3.8, 4) is 0 Å². The first-order valence-corrected chi connectivity index (χ1v) is 13.7. The van der Waals surface area contributed by atoms with Gasteiger partial charge in [0.1, 0.15) is 6.10 Å². The monoisotopic (exact) mass is 426 g/mol. The van der Waals surface area contributed by atoms with Gasteiger partial charge >= 0.3 is 0 Å². The van der Waals surface area contributed by atoms with Gasteiger partial charge in [-0.25, -0.2) is 0 Å². The summed E-state index contributed by atoms with van der Waals surface area (Å²) >= 11 is 0. The number of ether oxygens (including phenoxy) is 1. The molecule has 0 aromatic rings. The molecule has 0 aliphatic heterocycles. The second-order valence-electron chi connectivity index (χ2n) is 13.0. The van der Waals surface area contributed by atoms with Gasteiger partial charge in [-0.05, 0) is 98.2 Å². The van der Waals surface area contributed by atoms with E-state index in [9.17, 15) is 0 Å². The number of fused-ring (bicyclic) bond motifs is 5. The molecule has 0 N–H and O–H groups in total. The van der Waals surface area contributed by atoms with Crippen molar-refractivity contribution in [1.29, 1.82) is 0 Å². The Hall–Kier alpha value is -0.720. The molecule has 1 nitrogen and oxygen atoms in total. The predicted molar refractivity (Wildman–Crippen MR) is 133 cm³/mol. The summed E-state index contributed by atoms with van der Waals surface area (Å²) in [5.74, 6) is 6.41. The average molecular weight is 427 g/mol. The minimum atomic E-state index is 0.366. The fourth-order valence-electron chi connectivity index (χ4n) is 9.04. The van der Waals surface area contributed by atoms with E-state index in [-0.39, 0.29) is 0 Å². The molecule has 31 heavy (non-hydrogen) atoms. The summed E-state index contributed by atoms with van der Waals surface area (Å²) in [6, 6.07) is 0. The lowest BCUT2D eigenvalue weighted by Crippen LogP contribution is -2.51. The molecule has 4 aliphatic rings. The molecular formula is C30H50O. The smallest absolute Gasteiger partial charge is 0.102 e. The van der Waals surface area contributed by atoms with Gasteiger partial charge in [-0.2, -0.15) is 0 Å². The molecule has 8 atom stereocenters. The van der Waals surface area contributed by atoms with Crippen molar-refractivity contribution in [2.24, 2.45) is 46.3 Å². The Bertz CT molecular complexity index is 689. The third-order valence-corrected chi connectivity index (χ3v) is 10.6. The number of allylic oxidation sites excluding steroid dienone is 2. The van der Waals surface area contributed by atoms with E-state index in [2.05, 4.69) is 47.3 Å². The van der Waals surface area contributed by atoms with Gasteiger partial charge in [-0.3, -0.25) is 0 Å². The molecule has 4 rings (SSSR count). The molecule has 0 heterocycles. The first kappa shape index (κ1) is 23.4. The van der Waals surface area contributed by atoms with Gasteiger partial charge in [0.2, 0.25) is 0 Å². The highest BCUT2D eigenvalue weighted by Gasteiger charge is 2.59. The van der Waals surface area contributed by atoms with Crippen LogP contribution in [0.4, 0.5) is 0 Å². The Kier molecular flexibility index (Phi) is 6.73. The van der Waals surface area contributed by atoms with Gasteiger partial charge in [0, 0.05) is 6.42 Å². The first-order valence-electron chi connectivity index (χ1n) is 13.7. The summed E-state index contributed by atoms with van der Waals surface area (Å²) in [6.45, 7) is 18.7. The van der Waals surface area contributed by atoms with Crippen LogP contribution in [-0.4, -0.2) is 6.10 Å². The van der Waals surface area contributed by atoms with Crippen molar-refractivity contribution in [2.45, 2.75) is 118 Å². The van der Waals surface area contributed by atoms with E-state index >= 15 is 0 Å². The van der Waals surface area contributed by atoms with Crippen LogP contribution < -0.4 is 0 Å². The standard InChI is InChI=1S/C30H50O/c1-20(2)9-8-10-22(5)26-13-14-27-25-12-11-23-19-24(31-21(3)4)15-17-29(23,6)28(25)16-18-30(26,27)7/h11,20,22,24-28H,3,8-10,12-19H2,1-2,4-7H3/t22?,24?,25?,26?,27?,28?,29?,30-/m1/s1. The first-order chi connectivity index (χ1) is 14.6. The third-order valence-electron chi connectivity index (χ3n) is 10.6. The van der Waals surface area contributed by atoms with Crippen LogP contribution in [0, 0.1) is 46.3 Å². The van der Waals surface area contributed by atoms with Crippen LogP contribution in [0.5, 0.6) is 0 Å². The molecule has 3 fully saturated rings. The zero-order valence-corrected chi connectivity index (χ0v) is 21.5. The normalized spacial score (nSPS) is 42.9. The average Bonchev–Trinajstić information content (AvgIpc) is 3.05. The van der Waals surface area contributed by atoms with Gasteiger partial charge in [-0.1, -0.05) is 72.1 Å². The predicted octanol–water partition coefficient (Wildman–Crippen LogP) is 8.95. The molecule has 0 radical (unpaired) electrons. The Morgan fingerprint density at radius 1 is 1.06 bits per heavy atom. The van der Waals surface area contributed by atoms with E-state index < -0.39 is 0 Å². The molecule has 3 saturated carbocycles. The fraction of sp³-hybridized carbons (Fsp3) is 0.867. The minimum absolute atomic E-state index is 0.366. The van der Waals surface area contributed by atoms with Crippen LogP contribution in [-0.2, 0) is 4.74 Å². The lowest BCUT2D eigenvalue weighted by atomic mass is 9.47. The summed E-state index contributed by atoms with van der Waals surface area (Å²) in [7, 11) is 0. The lowest BCUT2D eigenvalue weighted by Gasteiger charge is -2.58. The Morgan fingerprint density at radius 3 is 2.55 bits per heavy atom. The van der Waals surface area contributed by atoms with Crippen molar-refractivity contribution >= 4 is 0 Å². The van der Waals surface area contributed by atoms with E-state index in [1.807, 2.05) is 6.92 Å². The Morgan fingerprint density at radius 2 is 1.84 bits per heavy atom. The van der Waals surface area contributed by atoms with Crippen molar-refractivity contribution in [2.75, 3.05) is 0 Å². The maximum Gasteiger partial charge on any atom is 0.102 e. The zero-order valence-electron chi connectivity index (χ0n) is 21.5. The summed E-state index contributed by atoms with van der Waals surface area (Å²) in [6.07, 6.45) is 18.3. The minimum Gasteiger partial charge on any atom is -0.495 e. The Balaban J connectivity index is 1.47. The molecule has 0 aromatic carbocycles. The zero-order chi connectivity index (χ0) is 22.4. The van der Waals surface area contributed by atoms with E-state index in [0.717, 1.165) is 47.7 Å². The lowest BCUT2D eigenvalue weighted by molar-refractivity contribution is -0.0591. The molecule has 0 amide bonds. The fourth-order valence-corrected chi connectivity index (χ4v) is 9.04. The van der Waals surface area contributed by atoms with Gasteiger partial charge in [0.05, 0.1) is 5.76 Å². The van der Waals surface area contributed by atoms with Gasteiger partial charge in [0.15, 0.2) is 0 Å². The van der Waals surface area contributed by atoms with Crippen LogP contribution in [0.15, 0.2) is 24.0 Å². The molecule has 4 aliphatic carbocycles. The van der Waals surface area contributed by atoms with E-state index in [1.54, 1.807) is 5.57 Å². The number of hydrogen-bond donors (Lipinski definition) is 0. The maximum atomic E-state index is 6.06. The summed E-state index contributed by atoms with van der Waals surface area (Å²) in [4.78, 5) is 0. The molecule has 0 aromatic heterocycles. The van der Waals surface area contributed by atoms with Crippen LogP contribution in [0.1, 0.15) is 112 Å². The highest BCUT2D eigenvalue weighted by Crippen LogP contribution is 2.67.